The third kappa shape index (κ3) is 9.79. The second-order valence-corrected chi connectivity index (χ2v) is 18.9. The Morgan fingerprint density at radius 2 is 1.53 bits per heavy atom. The van der Waals surface area contributed by atoms with Gasteiger partial charge in [-0.05, 0) is 85.3 Å². The molecule has 5 heterocycles. The third-order valence-electron chi connectivity index (χ3n) is 14.4. The first-order valence-corrected chi connectivity index (χ1v) is 24.0. The first-order chi connectivity index (χ1) is 32.9. The molecule has 14 heteroatoms. The van der Waals surface area contributed by atoms with E-state index in [0.717, 1.165) is 72.3 Å². The summed E-state index contributed by atoms with van der Waals surface area (Å²) in [5, 5.41) is 14.3. The Kier molecular flexibility index (Phi) is 13.8. The number of hydrogen-bond acceptors (Lipinski definition) is 9. The number of anilines is 1. The van der Waals surface area contributed by atoms with Gasteiger partial charge >= 0.3 is 0 Å². The second-order valence-electron chi connectivity index (χ2n) is 18.9. The summed E-state index contributed by atoms with van der Waals surface area (Å²) in [6.07, 6.45) is 5.54. The minimum Gasteiger partial charge on any atom is -0.508 e. The molecule has 9 rings (SSSR count). The highest BCUT2D eigenvalue weighted by Crippen LogP contribution is 2.34. The van der Waals surface area contributed by atoms with E-state index in [1.54, 1.807) is 50.2 Å². The number of piperidine rings is 1. The number of phenolic OH excluding ortho intramolecular Hbond substituents is 1. The highest BCUT2D eigenvalue weighted by molar-refractivity contribution is 6.09. The predicted octanol–water partition coefficient (Wildman–Crippen LogP) is 5.75. The van der Waals surface area contributed by atoms with Crippen molar-refractivity contribution in [3.63, 3.8) is 0 Å². The number of para-hydroxylation sites is 1. The number of likely N-dealkylation sites (N-methyl/N-ethyl adjacent to an activating group) is 1. The quantitative estimate of drug-likeness (QED) is 0.109. The van der Waals surface area contributed by atoms with Crippen molar-refractivity contribution in [2.75, 3.05) is 70.9 Å². The van der Waals surface area contributed by atoms with Crippen LogP contribution in [-0.4, -0.2) is 147 Å². The molecule has 0 saturated carbocycles. The summed E-state index contributed by atoms with van der Waals surface area (Å²) < 4.78 is 1.96. The number of amides is 4. The number of benzene rings is 4. The zero-order chi connectivity index (χ0) is 47.5. The molecular formula is C54H62N8O6. The van der Waals surface area contributed by atoms with E-state index in [0.29, 0.717) is 37.1 Å². The van der Waals surface area contributed by atoms with E-state index >= 15 is 0 Å². The smallest absolute Gasteiger partial charge is 0.253 e. The number of carbonyl (C=O) groups is 5. The average molecular weight is 919 g/mol. The predicted molar refractivity (Wildman–Crippen MR) is 262 cm³/mol. The van der Waals surface area contributed by atoms with Crippen LogP contribution in [0.15, 0.2) is 116 Å². The van der Waals surface area contributed by atoms with Gasteiger partial charge in [0.25, 0.3) is 5.91 Å². The van der Waals surface area contributed by atoms with E-state index in [1.807, 2.05) is 83.4 Å². The number of aromatic hydroxyl groups is 1. The van der Waals surface area contributed by atoms with E-state index < -0.39 is 12.2 Å². The number of phenols is 1. The molecular weight excluding hydrogens is 857 g/mol. The van der Waals surface area contributed by atoms with Crippen molar-refractivity contribution < 1.29 is 29.1 Å². The molecule has 0 aliphatic carbocycles. The SMILES string of the molecule is C=CCN1CC(=O)N2[C@@H](Cc3ccc(O)cc3)C(=O)N(Cc3cccc4c(C(=O)CC5CCN(C(=O)c6ccc(N7CCN(C)CC7)cc6)CC5)cn(C)c34)C[C@@H]2N1C(=O)CCc1ccccc1. The number of Topliss-reactive ketones (excluding diaryl/α,β-unsaturated/α-hetero) is 1. The number of aryl methyl sites for hydroxylation is 2. The van der Waals surface area contributed by atoms with E-state index in [2.05, 4.69) is 35.6 Å². The molecule has 0 radical (unpaired) electrons. The van der Waals surface area contributed by atoms with Crippen LogP contribution in [0.2, 0.25) is 0 Å². The summed E-state index contributed by atoms with van der Waals surface area (Å²) in [5.41, 5.74) is 5.92. The van der Waals surface area contributed by atoms with Gasteiger partial charge in [0.2, 0.25) is 17.7 Å². The maximum atomic E-state index is 14.8. The van der Waals surface area contributed by atoms with Crippen molar-refractivity contribution in [3.05, 3.63) is 144 Å². The summed E-state index contributed by atoms with van der Waals surface area (Å²) in [4.78, 5) is 81.1. The molecule has 14 nitrogen and oxygen atoms in total. The third-order valence-corrected chi connectivity index (χ3v) is 14.4. The largest absolute Gasteiger partial charge is 0.508 e. The monoisotopic (exact) mass is 918 g/mol. The second kappa shape index (κ2) is 20.2. The van der Waals surface area contributed by atoms with Crippen molar-refractivity contribution >= 4 is 46.0 Å². The van der Waals surface area contributed by atoms with Gasteiger partial charge in [-0.25, -0.2) is 10.0 Å². The summed E-state index contributed by atoms with van der Waals surface area (Å²) in [5.74, 6) is -0.350. The maximum absolute atomic E-state index is 14.8. The summed E-state index contributed by atoms with van der Waals surface area (Å²) >= 11 is 0. The molecule has 68 heavy (non-hydrogen) atoms. The van der Waals surface area contributed by atoms with Gasteiger partial charge in [0.15, 0.2) is 5.78 Å². The van der Waals surface area contributed by atoms with Crippen molar-refractivity contribution in [2.45, 2.75) is 57.3 Å². The van der Waals surface area contributed by atoms with Crippen LogP contribution in [-0.2, 0) is 40.8 Å². The fourth-order valence-corrected chi connectivity index (χ4v) is 10.7. The van der Waals surface area contributed by atoms with Crippen molar-refractivity contribution in [3.8, 4) is 5.75 Å². The van der Waals surface area contributed by atoms with Gasteiger partial charge in [0, 0.05) is 107 Å². The maximum Gasteiger partial charge on any atom is 0.253 e. The molecule has 354 valence electrons. The van der Waals surface area contributed by atoms with Crippen LogP contribution >= 0.6 is 0 Å². The highest BCUT2D eigenvalue weighted by atomic mass is 16.3. The molecule has 0 unspecified atom stereocenters. The van der Waals surface area contributed by atoms with Crippen LogP contribution in [0.3, 0.4) is 0 Å². The van der Waals surface area contributed by atoms with Gasteiger partial charge in [-0.3, -0.25) is 24.0 Å². The zero-order valence-electron chi connectivity index (χ0n) is 39.2. The summed E-state index contributed by atoms with van der Waals surface area (Å²) in [7, 11) is 4.05. The Morgan fingerprint density at radius 1 is 0.809 bits per heavy atom. The average Bonchev–Trinajstić information content (AvgIpc) is 3.70. The molecule has 5 aromatic rings. The summed E-state index contributed by atoms with van der Waals surface area (Å²) in [6, 6.07) is 29.3. The Bertz CT molecular complexity index is 2650. The fourth-order valence-electron chi connectivity index (χ4n) is 10.7. The van der Waals surface area contributed by atoms with Gasteiger partial charge in [0.1, 0.15) is 18.0 Å². The van der Waals surface area contributed by atoms with Crippen LogP contribution in [0.1, 0.15) is 63.1 Å². The molecule has 4 aliphatic heterocycles. The lowest BCUT2D eigenvalue weighted by atomic mass is 9.89. The molecule has 0 spiro atoms. The van der Waals surface area contributed by atoms with Gasteiger partial charge in [-0.15, -0.1) is 6.58 Å². The fraction of sp³-hybridized carbons (Fsp3) is 0.389. The normalized spacial score (nSPS) is 19.7. The first kappa shape index (κ1) is 46.3. The topological polar surface area (TPSA) is 133 Å². The standard InChI is InChI=1S/C54H62N8O6/c1-4-25-60-37-51(66)61-47(32-39-13-20-44(63)21-14-39)54(68)59(36-49(61)62(60)50(65)22-15-38-9-6-5-7-10-38)34-42-11-8-12-45-46(35-56(3)52(42)45)48(64)33-40-23-26-58(27-24-40)53(67)41-16-18-43(19-17-41)57-30-28-55(2)29-31-57/h4-14,16-21,35,40,47,49,63H,1,15,22-34,36-37H2,2-3H3/t47-,49-/m0/s1. The Morgan fingerprint density at radius 3 is 2.24 bits per heavy atom. The van der Waals surface area contributed by atoms with E-state index in [4.69, 9.17) is 0 Å². The lowest BCUT2D eigenvalue weighted by molar-refractivity contribution is -0.205. The van der Waals surface area contributed by atoms with Crippen LogP contribution in [0.25, 0.3) is 10.9 Å². The number of rotatable bonds is 14. The number of piperazine rings is 2. The Balaban J connectivity index is 0.914. The molecule has 4 saturated heterocycles. The zero-order valence-corrected chi connectivity index (χ0v) is 39.2. The minimum atomic E-state index is -0.916. The lowest BCUT2D eigenvalue weighted by Crippen LogP contribution is -2.75. The van der Waals surface area contributed by atoms with Gasteiger partial charge in [-0.1, -0.05) is 66.7 Å². The first-order valence-electron chi connectivity index (χ1n) is 24.0. The van der Waals surface area contributed by atoms with E-state index in [9.17, 15) is 29.1 Å². The molecule has 4 aromatic carbocycles. The minimum absolute atomic E-state index is 0.0272. The molecule has 0 bridgehead atoms. The number of nitrogens with zero attached hydrogens (tertiary/aromatic N) is 8. The van der Waals surface area contributed by atoms with Gasteiger partial charge < -0.3 is 34.2 Å². The lowest BCUT2D eigenvalue weighted by Gasteiger charge is -2.55. The number of carbonyl (C=O) groups excluding carboxylic acids is 5. The van der Waals surface area contributed by atoms with E-state index in [-0.39, 0.29) is 80.1 Å². The number of hydrazine groups is 1. The molecule has 1 N–H and O–H groups in total. The highest BCUT2D eigenvalue weighted by Gasteiger charge is 2.51. The van der Waals surface area contributed by atoms with Crippen molar-refractivity contribution in [1.29, 1.82) is 0 Å². The molecule has 4 amide bonds. The van der Waals surface area contributed by atoms with Crippen molar-refractivity contribution in [2.24, 2.45) is 13.0 Å². The number of fused-ring (bicyclic) bond motifs is 2. The van der Waals surface area contributed by atoms with Gasteiger partial charge in [-0.2, -0.15) is 0 Å². The summed E-state index contributed by atoms with van der Waals surface area (Å²) in [6.45, 7) is 9.55. The Hall–Kier alpha value is -6.77. The molecule has 1 aromatic heterocycles. The Labute approximate surface area is 398 Å². The molecule has 4 aliphatic rings. The van der Waals surface area contributed by atoms with Crippen LogP contribution in [0.4, 0.5) is 5.69 Å². The molecule has 2 atom stereocenters. The number of likely N-dealkylation sites (tertiary alicyclic amines) is 1. The van der Waals surface area contributed by atoms with Crippen LogP contribution < -0.4 is 4.90 Å². The van der Waals surface area contributed by atoms with Gasteiger partial charge in [0.05, 0.1) is 18.6 Å². The number of ketones is 1. The van der Waals surface area contributed by atoms with Crippen molar-refractivity contribution in [1.82, 2.24) is 34.2 Å². The molecule has 4 fully saturated rings. The van der Waals surface area contributed by atoms with Crippen LogP contribution in [0.5, 0.6) is 5.75 Å². The number of hydrogen-bond donors (Lipinski definition) is 1. The van der Waals surface area contributed by atoms with E-state index in [1.165, 1.54) is 0 Å². The van der Waals surface area contributed by atoms with Crippen LogP contribution in [0, 0.1) is 5.92 Å². The number of aromatic nitrogens is 1.